The highest BCUT2D eigenvalue weighted by molar-refractivity contribution is 9.10. The Morgan fingerprint density at radius 3 is 2.57 bits per heavy atom. The minimum Gasteiger partial charge on any atom is -0.381 e. The normalized spacial score (nSPS) is 16.0. The van der Waals surface area contributed by atoms with Gasteiger partial charge in [-0.1, -0.05) is 18.2 Å². The number of piperidine rings is 1. The minimum absolute atomic E-state index is 0.535. The van der Waals surface area contributed by atoms with Gasteiger partial charge in [-0.2, -0.15) is 0 Å². The Balaban J connectivity index is 1.57. The Bertz CT molecular complexity index is 592. The molecule has 21 heavy (non-hydrogen) atoms. The number of nitrogens with zero attached hydrogens (tertiary/aromatic N) is 2. The van der Waals surface area contributed by atoms with Crippen LogP contribution in [0.3, 0.4) is 0 Å². The molecule has 1 aliphatic rings. The maximum atomic E-state index is 4.35. The lowest BCUT2D eigenvalue weighted by atomic mass is 10.0. The first-order valence-electron chi connectivity index (χ1n) is 7.41. The number of hydrogen-bond acceptors (Lipinski definition) is 3. The van der Waals surface area contributed by atoms with Gasteiger partial charge >= 0.3 is 0 Å². The molecular formula is C17H20BrN3. The summed E-state index contributed by atoms with van der Waals surface area (Å²) in [6.45, 7) is 4.27. The summed E-state index contributed by atoms with van der Waals surface area (Å²) in [5.41, 5.74) is 3.62. The van der Waals surface area contributed by atoms with Crippen LogP contribution in [0.2, 0.25) is 0 Å². The smallest absolute Gasteiger partial charge is 0.109 e. The van der Waals surface area contributed by atoms with Gasteiger partial charge in [-0.3, -0.25) is 0 Å². The summed E-state index contributed by atoms with van der Waals surface area (Å²) in [5, 5.41) is 3.61. The van der Waals surface area contributed by atoms with Crippen LogP contribution in [0.1, 0.15) is 18.4 Å². The van der Waals surface area contributed by atoms with Gasteiger partial charge in [0.2, 0.25) is 0 Å². The van der Waals surface area contributed by atoms with Gasteiger partial charge in [0.1, 0.15) is 4.60 Å². The molecule has 110 valence electrons. The van der Waals surface area contributed by atoms with E-state index in [4.69, 9.17) is 0 Å². The van der Waals surface area contributed by atoms with Crippen LogP contribution in [-0.4, -0.2) is 24.1 Å². The molecule has 0 amide bonds. The first-order chi connectivity index (χ1) is 10.2. The largest absolute Gasteiger partial charge is 0.381 e. The van der Waals surface area contributed by atoms with Crippen molar-refractivity contribution in [3.8, 4) is 0 Å². The van der Waals surface area contributed by atoms with Crippen LogP contribution in [-0.2, 0) is 0 Å². The maximum Gasteiger partial charge on any atom is 0.109 e. The second-order valence-electron chi connectivity index (χ2n) is 5.57. The summed E-state index contributed by atoms with van der Waals surface area (Å²) >= 11 is 3.44. The lowest BCUT2D eigenvalue weighted by molar-refractivity contribution is 0.526. The first-order valence-corrected chi connectivity index (χ1v) is 8.20. The predicted molar refractivity (Wildman–Crippen MR) is 92.0 cm³/mol. The van der Waals surface area contributed by atoms with Crippen LogP contribution >= 0.6 is 15.9 Å². The molecule has 1 aromatic heterocycles. The number of aromatic nitrogens is 1. The third-order valence-electron chi connectivity index (χ3n) is 4.00. The van der Waals surface area contributed by atoms with Gasteiger partial charge in [0.05, 0.1) is 11.9 Å². The molecule has 2 aromatic rings. The first kappa shape index (κ1) is 14.4. The van der Waals surface area contributed by atoms with Gasteiger partial charge < -0.3 is 10.2 Å². The SMILES string of the molecule is Cc1cc(NC2CCN(c3ccccc3)CC2)cnc1Br. The standard InChI is InChI=1S/C17H20BrN3/c1-13-11-15(12-19-17(13)18)20-14-7-9-21(10-8-14)16-5-3-2-4-6-16/h2-6,11-12,14,20H,7-10H2,1H3. The van der Waals surface area contributed by atoms with Crippen molar-refractivity contribution in [1.29, 1.82) is 0 Å². The van der Waals surface area contributed by atoms with E-state index in [9.17, 15) is 0 Å². The molecule has 0 atom stereocenters. The lowest BCUT2D eigenvalue weighted by Gasteiger charge is -2.34. The number of benzene rings is 1. The molecule has 1 aliphatic heterocycles. The zero-order valence-corrected chi connectivity index (χ0v) is 13.8. The molecule has 3 nitrogen and oxygen atoms in total. The second kappa shape index (κ2) is 6.48. The van der Waals surface area contributed by atoms with Gasteiger partial charge in [-0.05, 0) is 59.5 Å². The van der Waals surface area contributed by atoms with Crippen LogP contribution < -0.4 is 10.2 Å². The lowest BCUT2D eigenvalue weighted by Crippen LogP contribution is -2.39. The van der Waals surface area contributed by atoms with E-state index in [0.717, 1.165) is 36.2 Å². The Labute approximate surface area is 134 Å². The van der Waals surface area contributed by atoms with E-state index in [1.54, 1.807) is 0 Å². The van der Waals surface area contributed by atoms with Crippen molar-refractivity contribution < 1.29 is 0 Å². The summed E-state index contributed by atoms with van der Waals surface area (Å²) in [7, 11) is 0. The van der Waals surface area contributed by atoms with Crippen LogP contribution in [0.4, 0.5) is 11.4 Å². The molecule has 1 aromatic carbocycles. The van der Waals surface area contributed by atoms with Gasteiger partial charge in [0, 0.05) is 24.8 Å². The summed E-state index contributed by atoms with van der Waals surface area (Å²) in [6, 6.07) is 13.4. The molecule has 0 unspecified atom stereocenters. The number of hydrogen-bond donors (Lipinski definition) is 1. The Kier molecular flexibility index (Phi) is 4.44. The molecule has 1 fully saturated rings. The second-order valence-corrected chi connectivity index (χ2v) is 6.32. The highest BCUT2D eigenvalue weighted by Crippen LogP contribution is 2.23. The van der Waals surface area contributed by atoms with Crippen molar-refractivity contribution >= 4 is 27.3 Å². The molecule has 0 aliphatic carbocycles. The van der Waals surface area contributed by atoms with Crippen molar-refractivity contribution in [3.05, 3.63) is 52.8 Å². The van der Waals surface area contributed by atoms with E-state index >= 15 is 0 Å². The third kappa shape index (κ3) is 3.56. The summed E-state index contributed by atoms with van der Waals surface area (Å²) < 4.78 is 0.923. The van der Waals surface area contributed by atoms with E-state index < -0.39 is 0 Å². The van der Waals surface area contributed by atoms with Crippen LogP contribution in [0.15, 0.2) is 47.2 Å². The maximum absolute atomic E-state index is 4.35. The van der Waals surface area contributed by atoms with E-state index in [1.165, 1.54) is 11.3 Å². The molecule has 3 rings (SSSR count). The van der Waals surface area contributed by atoms with E-state index in [2.05, 4.69) is 74.5 Å². The molecule has 1 saturated heterocycles. The fourth-order valence-electron chi connectivity index (χ4n) is 2.79. The van der Waals surface area contributed by atoms with Crippen LogP contribution in [0.25, 0.3) is 0 Å². The summed E-state index contributed by atoms with van der Waals surface area (Å²) in [6.07, 6.45) is 4.22. The van der Waals surface area contributed by atoms with Gasteiger partial charge in [0.15, 0.2) is 0 Å². The zero-order valence-electron chi connectivity index (χ0n) is 12.2. The zero-order chi connectivity index (χ0) is 14.7. The van der Waals surface area contributed by atoms with Crippen molar-refractivity contribution in [1.82, 2.24) is 4.98 Å². The average Bonchev–Trinajstić information content (AvgIpc) is 2.53. The highest BCUT2D eigenvalue weighted by atomic mass is 79.9. The van der Waals surface area contributed by atoms with Crippen LogP contribution in [0, 0.1) is 6.92 Å². The van der Waals surface area contributed by atoms with Gasteiger partial charge in [-0.25, -0.2) is 4.98 Å². The third-order valence-corrected chi connectivity index (χ3v) is 4.83. The molecule has 0 spiro atoms. The molecule has 2 heterocycles. The Morgan fingerprint density at radius 1 is 1.19 bits per heavy atom. The topological polar surface area (TPSA) is 28.2 Å². The fourth-order valence-corrected chi connectivity index (χ4v) is 3.01. The van der Waals surface area contributed by atoms with E-state index in [0.29, 0.717) is 6.04 Å². The highest BCUT2D eigenvalue weighted by Gasteiger charge is 2.19. The Hall–Kier alpha value is -1.55. The van der Waals surface area contributed by atoms with Gasteiger partial charge in [-0.15, -0.1) is 0 Å². The number of nitrogens with one attached hydrogen (secondary N) is 1. The Morgan fingerprint density at radius 2 is 1.90 bits per heavy atom. The van der Waals surface area contributed by atoms with Gasteiger partial charge in [0.25, 0.3) is 0 Å². The molecule has 0 radical (unpaired) electrons. The molecule has 1 N–H and O–H groups in total. The summed E-state index contributed by atoms with van der Waals surface area (Å²) in [4.78, 5) is 6.81. The minimum atomic E-state index is 0.535. The van der Waals surface area contributed by atoms with E-state index in [1.807, 2.05) is 6.20 Å². The molecule has 4 heteroatoms. The van der Waals surface area contributed by atoms with Crippen molar-refractivity contribution in [3.63, 3.8) is 0 Å². The molecular weight excluding hydrogens is 326 g/mol. The average molecular weight is 346 g/mol. The van der Waals surface area contributed by atoms with Crippen molar-refractivity contribution in [2.45, 2.75) is 25.8 Å². The quantitative estimate of drug-likeness (QED) is 0.843. The number of pyridine rings is 1. The van der Waals surface area contributed by atoms with Crippen molar-refractivity contribution in [2.75, 3.05) is 23.3 Å². The summed E-state index contributed by atoms with van der Waals surface area (Å²) in [5.74, 6) is 0. The number of aryl methyl sites for hydroxylation is 1. The van der Waals surface area contributed by atoms with Crippen molar-refractivity contribution in [2.24, 2.45) is 0 Å². The molecule has 0 saturated carbocycles. The number of anilines is 2. The number of halogens is 1. The number of para-hydroxylation sites is 1. The van der Waals surface area contributed by atoms with E-state index in [-0.39, 0.29) is 0 Å². The fraction of sp³-hybridized carbons (Fsp3) is 0.353. The molecule has 0 bridgehead atoms. The van der Waals surface area contributed by atoms with Crippen LogP contribution in [0.5, 0.6) is 0 Å². The number of rotatable bonds is 3. The predicted octanol–water partition coefficient (Wildman–Crippen LogP) is 4.23. The monoisotopic (exact) mass is 345 g/mol.